The Hall–Kier alpha value is -7.32. The molecule has 6 heteroatoms. The van der Waals surface area contributed by atoms with E-state index in [1.54, 1.807) is 10.6 Å². The Bertz CT molecular complexity index is 3990. The largest absolute Gasteiger partial charge is 0.311 e. The standard InChI is InChI=1S/C57H45N5Si/c1-4-20-40(21-5-1)41-22-18-28-45(38-41)63(43-24-6-2-7-25-43,44-26-8-3-9-27-44)46-29-19-23-42(39-46)55-58-56(61-51-34-14-10-30-47(51)48-31-11-15-35-52(48)61)60-57(59-55)62-53-36-16-12-32-49(53)50-33-13-17-37-54(50)62/h1-39,55-60H/i1D,4D,5D,10D,11D,14D,15D,20D,21D,30D,31D,34D,35D. The minimum Gasteiger partial charge on any atom is -0.311 e. The van der Waals surface area contributed by atoms with Crippen LogP contribution in [0.2, 0.25) is 0 Å². The topological polar surface area (TPSA) is 46.0 Å². The first kappa shape index (κ1) is 26.2. The molecule has 3 atom stereocenters. The number of nitrogens with one attached hydrogen (secondary N) is 3. The highest BCUT2D eigenvalue weighted by Gasteiger charge is 2.42. The third-order valence-corrected chi connectivity index (χ3v) is 17.1. The summed E-state index contributed by atoms with van der Waals surface area (Å²) in [4.78, 5) is 0. The zero-order valence-corrected chi connectivity index (χ0v) is 34.6. The van der Waals surface area contributed by atoms with Gasteiger partial charge in [0.25, 0.3) is 0 Å². The van der Waals surface area contributed by atoms with Gasteiger partial charge in [-0.1, -0.05) is 212 Å². The van der Waals surface area contributed by atoms with Crippen LogP contribution in [0.15, 0.2) is 236 Å². The smallest absolute Gasteiger partial charge is 0.179 e. The average Bonchev–Trinajstić information content (AvgIpc) is 4.00. The van der Waals surface area contributed by atoms with E-state index in [4.69, 9.17) is 12.3 Å². The van der Waals surface area contributed by atoms with Crippen molar-refractivity contribution in [2.45, 2.75) is 18.7 Å². The van der Waals surface area contributed by atoms with Gasteiger partial charge in [0.05, 0.1) is 46.1 Å². The summed E-state index contributed by atoms with van der Waals surface area (Å²) in [6.45, 7) is 0. The molecule has 3 heterocycles. The Balaban J connectivity index is 1.12. The van der Waals surface area contributed by atoms with Crippen molar-refractivity contribution in [3.8, 4) is 11.1 Å². The Morgan fingerprint density at radius 2 is 0.841 bits per heavy atom. The zero-order chi connectivity index (χ0) is 53.1. The van der Waals surface area contributed by atoms with Crippen LogP contribution in [-0.2, 0) is 0 Å². The molecular formula is C57H45N5Si. The highest BCUT2D eigenvalue weighted by molar-refractivity contribution is 7.20. The van der Waals surface area contributed by atoms with Crippen LogP contribution in [0.25, 0.3) is 54.7 Å². The summed E-state index contributed by atoms with van der Waals surface area (Å²) in [6.07, 6.45) is -2.65. The van der Waals surface area contributed by atoms with Crippen molar-refractivity contribution in [1.82, 2.24) is 25.1 Å². The molecule has 0 saturated carbocycles. The third kappa shape index (κ3) is 6.18. The maximum atomic E-state index is 9.40. The van der Waals surface area contributed by atoms with Crippen LogP contribution in [0.1, 0.15) is 42.1 Å². The maximum absolute atomic E-state index is 9.40. The second-order valence-corrected chi connectivity index (χ2v) is 19.5. The van der Waals surface area contributed by atoms with E-state index in [9.17, 15) is 5.48 Å². The van der Waals surface area contributed by atoms with Gasteiger partial charge in [-0.2, -0.15) is 0 Å². The highest BCUT2D eigenvalue weighted by atomic mass is 28.3. The van der Waals surface area contributed by atoms with Crippen molar-refractivity contribution in [2.24, 2.45) is 0 Å². The third-order valence-electron chi connectivity index (χ3n) is 12.3. The van der Waals surface area contributed by atoms with Gasteiger partial charge in [0.1, 0.15) is 12.6 Å². The first-order valence-electron chi connectivity index (χ1n) is 27.3. The van der Waals surface area contributed by atoms with E-state index < -0.39 is 93.3 Å². The molecule has 0 spiro atoms. The molecule has 1 saturated heterocycles. The SMILES string of the molecule is [2H]c1c([2H])c([2H])c(-c2cccc([Si](c3ccccc3)(c3ccccc3)c3cccc(C4NC(n5c6ccccc6c6ccccc65)NC(n5c6c([2H])c([2H])c([2H])c([2H])c6c6c([2H])c([2H])c([2H])c([2H])c65)N4)c3)c2)c([2H])c1[2H]. The van der Waals surface area contributed by atoms with E-state index in [-0.39, 0.29) is 39.5 Å². The van der Waals surface area contributed by atoms with E-state index in [0.717, 1.165) is 48.1 Å². The van der Waals surface area contributed by atoms with E-state index in [1.165, 1.54) is 0 Å². The minimum absolute atomic E-state index is 0.00746. The molecule has 0 amide bonds. The van der Waals surface area contributed by atoms with Gasteiger partial charge in [0.2, 0.25) is 0 Å². The molecule has 1 fully saturated rings. The lowest BCUT2D eigenvalue weighted by Crippen LogP contribution is -2.74. The van der Waals surface area contributed by atoms with Gasteiger partial charge in [-0.3, -0.25) is 16.0 Å². The molecule has 2 aromatic heterocycles. The van der Waals surface area contributed by atoms with Crippen molar-refractivity contribution < 1.29 is 17.8 Å². The van der Waals surface area contributed by atoms with Crippen molar-refractivity contribution in [3.05, 3.63) is 242 Å². The molecule has 11 aromatic rings. The van der Waals surface area contributed by atoms with Crippen molar-refractivity contribution in [2.75, 3.05) is 0 Å². The number of fused-ring (bicyclic) bond motifs is 6. The summed E-state index contributed by atoms with van der Waals surface area (Å²) in [5.41, 5.74) is 3.06. The number of hydrogen-bond donors (Lipinski definition) is 3. The van der Waals surface area contributed by atoms with Crippen LogP contribution in [0.4, 0.5) is 0 Å². The van der Waals surface area contributed by atoms with Crippen molar-refractivity contribution in [3.63, 3.8) is 0 Å². The van der Waals surface area contributed by atoms with Crippen LogP contribution < -0.4 is 36.7 Å². The number of rotatable bonds is 8. The van der Waals surface area contributed by atoms with Crippen LogP contribution in [0.3, 0.4) is 0 Å². The fraction of sp³-hybridized carbons (Fsp3) is 0.0526. The second kappa shape index (κ2) is 15.5. The lowest BCUT2D eigenvalue weighted by Gasteiger charge is -2.41. The van der Waals surface area contributed by atoms with E-state index >= 15 is 0 Å². The second-order valence-electron chi connectivity index (χ2n) is 15.6. The zero-order valence-electron chi connectivity index (χ0n) is 46.6. The summed E-state index contributed by atoms with van der Waals surface area (Å²) in [5.74, 6) is 0. The molecule has 9 aromatic carbocycles. The van der Waals surface area contributed by atoms with Gasteiger partial charge in [-0.15, -0.1) is 0 Å². The Labute approximate surface area is 386 Å². The highest BCUT2D eigenvalue weighted by Crippen LogP contribution is 2.36. The minimum atomic E-state index is -3.47. The lowest BCUT2D eigenvalue weighted by molar-refractivity contribution is 0.125. The lowest BCUT2D eigenvalue weighted by atomic mass is 10.1. The van der Waals surface area contributed by atoms with Crippen LogP contribution in [-0.4, -0.2) is 17.2 Å². The molecule has 1 aliphatic heterocycles. The number of benzene rings is 9. The first-order chi connectivity index (χ1) is 36.6. The van der Waals surface area contributed by atoms with Gasteiger partial charge in [-0.05, 0) is 61.7 Å². The molecule has 63 heavy (non-hydrogen) atoms. The Morgan fingerprint density at radius 1 is 0.365 bits per heavy atom. The normalized spacial score (nSPS) is 19.7. The summed E-state index contributed by atoms with van der Waals surface area (Å²) < 4.78 is 119. The monoisotopic (exact) mass is 840 g/mol. The van der Waals surface area contributed by atoms with Crippen molar-refractivity contribution >= 4 is 72.4 Å². The predicted molar refractivity (Wildman–Crippen MR) is 265 cm³/mol. The molecule has 5 nitrogen and oxygen atoms in total. The van der Waals surface area contributed by atoms with Gasteiger partial charge in [0.15, 0.2) is 8.07 Å². The molecule has 302 valence electrons. The number of para-hydroxylation sites is 4. The number of nitrogens with zero attached hydrogens (tertiary/aromatic N) is 2. The van der Waals surface area contributed by atoms with E-state index in [1.807, 2.05) is 103 Å². The van der Waals surface area contributed by atoms with Crippen LogP contribution >= 0.6 is 0 Å². The fourth-order valence-electron chi connectivity index (χ4n) is 9.67. The molecule has 3 N–H and O–H groups in total. The average molecular weight is 841 g/mol. The molecule has 3 unspecified atom stereocenters. The summed E-state index contributed by atoms with van der Waals surface area (Å²) in [6, 6.07) is 46.5. The fourth-order valence-corrected chi connectivity index (χ4v) is 14.5. The quantitative estimate of drug-likeness (QED) is 0.106. The van der Waals surface area contributed by atoms with Crippen LogP contribution in [0, 0.1) is 0 Å². The van der Waals surface area contributed by atoms with Crippen molar-refractivity contribution in [1.29, 1.82) is 0 Å². The van der Waals surface area contributed by atoms with Gasteiger partial charge in [0, 0.05) is 21.5 Å². The Morgan fingerprint density at radius 3 is 1.44 bits per heavy atom. The molecule has 1 aliphatic rings. The van der Waals surface area contributed by atoms with E-state index in [0.29, 0.717) is 5.56 Å². The van der Waals surface area contributed by atoms with Gasteiger partial charge >= 0.3 is 0 Å². The molecule has 0 bridgehead atoms. The van der Waals surface area contributed by atoms with Gasteiger partial charge in [-0.25, -0.2) is 0 Å². The summed E-state index contributed by atoms with van der Waals surface area (Å²) in [5, 5.41) is 17.0. The molecular weight excluding hydrogens is 783 g/mol. The predicted octanol–water partition coefficient (Wildman–Crippen LogP) is 10.0. The summed E-state index contributed by atoms with van der Waals surface area (Å²) in [7, 11) is -3.47. The van der Waals surface area contributed by atoms with Gasteiger partial charge < -0.3 is 9.13 Å². The molecule has 12 rings (SSSR count). The van der Waals surface area contributed by atoms with Crippen LogP contribution in [0.5, 0.6) is 0 Å². The van der Waals surface area contributed by atoms with E-state index in [2.05, 4.69) is 69.0 Å². The molecule has 0 aliphatic carbocycles. The number of aromatic nitrogens is 2. The summed E-state index contributed by atoms with van der Waals surface area (Å²) >= 11 is 0. The Kier molecular flexibility index (Phi) is 6.47. The maximum Gasteiger partial charge on any atom is 0.179 e. The first-order valence-corrected chi connectivity index (χ1v) is 22.8. The molecule has 0 radical (unpaired) electrons. The number of hydrogen-bond acceptors (Lipinski definition) is 3.